The fourth-order valence-corrected chi connectivity index (χ4v) is 3.07. The highest BCUT2D eigenvalue weighted by Crippen LogP contribution is 2.31. The summed E-state index contributed by atoms with van der Waals surface area (Å²) in [5.74, 6) is 1.31. The van der Waals surface area contributed by atoms with Crippen molar-refractivity contribution < 1.29 is 19.1 Å². The van der Waals surface area contributed by atoms with Gasteiger partial charge in [-0.05, 0) is 38.3 Å². The van der Waals surface area contributed by atoms with Crippen molar-refractivity contribution in [3.05, 3.63) is 24.3 Å². The Morgan fingerprint density at radius 1 is 1.32 bits per heavy atom. The largest absolute Gasteiger partial charge is 0.486 e. The van der Waals surface area contributed by atoms with Gasteiger partial charge < -0.3 is 25.0 Å². The van der Waals surface area contributed by atoms with Crippen LogP contribution in [0, 0.1) is 0 Å². The number of hydrogen-bond donors (Lipinski definition) is 2. The molecule has 136 valence electrons. The lowest BCUT2D eigenvalue weighted by Gasteiger charge is -2.31. The molecule has 0 bridgehead atoms. The average Bonchev–Trinajstić information content (AvgIpc) is 2.84. The molecule has 2 atom stereocenters. The van der Waals surface area contributed by atoms with E-state index in [1.54, 1.807) is 4.90 Å². The second kappa shape index (κ2) is 8.09. The number of likely N-dealkylation sites (N-methyl/N-ethyl adjacent to an activating group) is 1. The monoisotopic (exact) mass is 347 g/mol. The number of hydrogen-bond acceptors (Lipinski definition) is 4. The average molecular weight is 347 g/mol. The fourth-order valence-electron chi connectivity index (χ4n) is 3.07. The van der Waals surface area contributed by atoms with Gasteiger partial charge >= 0.3 is 6.03 Å². The number of nitrogens with zero attached hydrogens (tertiary/aromatic N) is 1. The SMILES string of the molecule is CCN(C[C@@H]1COc2ccccc2O1)C(=O)N[C@H]1CCCCNC1=O. The van der Waals surface area contributed by atoms with Crippen molar-refractivity contribution in [2.75, 3.05) is 26.2 Å². The second-order valence-corrected chi connectivity index (χ2v) is 6.33. The van der Waals surface area contributed by atoms with E-state index < -0.39 is 6.04 Å². The van der Waals surface area contributed by atoms with Crippen LogP contribution in [0.15, 0.2) is 24.3 Å². The minimum absolute atomic E-state index is 0.104. The molecule has 1 aromatic carbocycles. The van der Waals surface area contributed by atoms with Crippen LogP contribution in [0.3, 0.4) is 0 Å². The predicted octanol–water partition coefficient (Wildman–Crippen LogP) is 1.53. The summed E-state index contributed by atoms with van der Waals surface area (Å²) in [4.78, 5) is 26.2. The van der Waals surface area contributed by atoms with Crippen molar-refractivity contribution in [3.63, 3.8) is 0 Å². The van der Waals surface area contributed by atoms with Crippen molar-refractivity contribution >= 4 is 11.9 Å². The highest BCUT2D eigenvalue weighted by Gasteiger charge is 2.28. The smallest absolute Gasteiger partial charge is 0.318 e. The number of benzene rings is 1. The van der Waals surface area contributed by atoms with E-state index in [-0.39, 0.29) is 18.0 Å². The van der Waals surface area contributed by atoms with Crippen molar-refractivity contribution in [2.24, 2.45) is 0 Å². The van der Waals surface area contributed by atoms with Gasteiger partial charge in [0.15, 0.2) is 17.6 Å². The van der Waals surface area contributed by atoms with Gasteiger partial charge in [0.1, 0.15) is 12.6 Å². The molecule has 25 heavy (non-hydrogen) atoms. The molecule has 2 N–H and O–H groups in total. The molecule has 2 aliphatic rings. The van der Waals surface area contributed by atoms with Gasteiger partial charge in [0.05, 0.1) is 6.54 Å². The molecule has 1 fully saturated rings. The highest BCUT2D eigenvalue weighted by atomic mass is 16.6. The van der Waals surface area contributed by atoms with E-state index in [0.717, 1.165) is 18.6 Å². The molecule has 0 spiro atoms. The van der Waals surface area contributed by atoms with E-state index in [9.17, 15) is 9.59 Å². The van der Waals surface area contributed by atoms with Crippen LogP contribution in [0.4, 0.5) is 4.79 Å². The number of amides is 3. The number of ether oxygens (including phenoxy) is 2. The Bertz CT molecular complexity index is 622. The lowest BCUT2D eigenvalue weighted by Crippen LogP contribution is -2.53. The minimum Gasteiger partial charge on any atom is -0.486 e. The van der Waals surface area contributed by atoms with Gasteiger partial charge in [0.25, 0.3) is 0 Å². The fraction of sp³-hybridized carbons (Fsp3) is 0.556. The molecule has 7 nitrogen and oxygen atoms in total. The van der Waals surface area contributed by atoms with Crippen LogP contribution in [0.2, 0.25) is 0 Å². The first-order valence-corrected chi connectivity index (χ1v) is 8.89. The first-order chi connectivity index (χ1) is 12.2. The molecule has 0 aromatic heterocycles. The molecule has 1 saturated heterocycles. The molecule has 3 amide bonds. The summed E-state index contributed by atoms with van der Waals surface area (Å²) in [5.41, 5.74) is 0. The molecule has 1 aromatic rings. The van der Waals surface area contributed by atoms with E-state index in [1.807, 2.05) is 31.2 Å². The molecule has 2 aliphatic heterocycles. The number of urea groups is 1. The van der Waals surface area contributed by atoms with E-state index in [1.165, 1.54) is 0 Å². The van der Waals surface area contributed by atoms with E-state index >= 15 is 0 Å². The molecule has 2 heterocycles. The molecular weight excluding hydrogens is 322 g/mol. The standard InChI is InChI=1S/C18H25N3O4/c1-2-21(18(23)20-14-7-5-6-10-19-17(14)22)11-13-12-24-15-8-3-4-9-16(15)25-13/h3-4,8-9,13-14H,2,5-7,10-12H2,1H3,(H,19,22)(H,20,23)/t13-,14+/m1/s1. The molecular formula is C18H25N3O4. The maximum absolute atomic E-state index is 12.6. The number of carbonyl (C=O) groups excluding carboxylic acids is 2. The van der Waals surface area contributed by atoms with Crippen LogP contribution < -0.4 is 20.1 Å². The Kier molecular flexibility index (Phi) is 5.63. The summed E-state index contributed by atoms with van der Waals surface area (Å²) < 4.78 is 11.6. The van der Waals surface area contributed by atoms with Gasteiger partial charge in [-0.15, -0.1) is 0 Å². The van der Waals surface area contributed by atoms with E-state index in [4.69, 9.17) is 9.47 Å². The van der Waals surface area contributed by atoms with Gasteiger partial charge in [0, 0.05) is 13.1 Å². The van der Waals surface area contributed by atoms with Gasteiger partial charge in [-0.25, -0.2) is 4.79 Å². The molecule has 0 saturated carbocycles. The summed E-state index contributed by atoms with van der Waals surface area (Å²) in [6, 6.07) is 6.79. The number of fused-ring (bicyclic) bond motifs is 1. The van der Waals surface area contributed by atoms with Crippen LogP contribution >= 0.6 is 0 Å². The van der Waals surface area contributed by atoms with Crippen LogP contribution in [-0.2, 0) is 4.79 Å². The summed E-state index contributed by atoms with van der Waals surface area (Å²) in [6.07, 6.45) is 2.31. The Balaban J connectivity index is 1.57. The maximum atomic E-state index is 12.6. The highest BCUT2D eigenvalue weighted by molar-refractivity contribution is 5.87. The third kappa shape index (κ3) is 4.35. The van der Waals surface area contributed by atoms with Crippen LogP contribution in [0.25, 0.3) is 0 Å². The van der Waals surface area contributed by atoms with Crippen LogP contribution in [0.1, 0.15) is 26.2 Å². The van der Waals surface area contributed by atoms with Gasteiger partial charge in [0.2, 0.25) is 5.91 Å². The van der Waals surface area contributed by atoms with Crippen LogP contribution in [-0.4, -0.2) is 55.2 Å². The third-order valence-electron chi connectivity index (χ3n) is 4.49. The molecule has 7 heteroatoms. The number of para-hydroxylation sites is 2. The van der Waals surface area contributed by atoms with Crippen molar-refractivity contribution in [3.8, 4) is 11.5 Å². The van der Waals surface area contributed by atoms with E-state index in [0.29, 0.717) is 38.4 Å². The predicted molar refractivity (Wildman–Crippen MR) is 92.8 cm³/mol. The van der Waals surface area contributed by atoms with Gasteiger partial charge in [-0.2, -0.15) is 0 Å². The topological polar surface area (TPSA) is 79.9 Å². The summed E-state index contributed by atoms with van der Waals surface area (Å²) in [5, 5.41) is 5.68. The Morgan fingerprint density at radius 3 is 2.92 bits per heavy atom. The normalized spacial score (nSPS) is 22.5. The molecule has 0 unspecified atom stereocenters. The zero-order chi connectivity index (χ0) is 17.6. The first-order valence-electron chi connectivity index (χ1n) is 8.89. The van der Waals surface area contributed by atoms with Gasteiger partial charge in [-0.1, -0.05) is 12.1 Å². The first kappa shape index (κ1) is 17.4. The molecule has 0 radical (unpaired) electrons. The van der Waals surface area contributed by atoms with Crippen molar-refractivity contribution in [1.29, 1.82) is 0 Å². The third-order valence-corrected chi connectivity index (χ3v) is 4.49. The lowest BCUT2D eigenvalue weighted by molar-refractivity contribution is -0.122. The summed E-state index contributed by atoms with van der Waals surface area (Å²) >= 11 is 0. The summed E-state index contributed by atoms with van der Waals surface area (Å²) in [6.45, 7) is 3.91. The number of carbonyl (C=O) groups is 2. The Labute approximate surface area is 147 Å². The Hall–Kier alpha value is -2.44. The Morgan fingerprint density at radius 2 is 2.12 bits per heavy atom. The second-order valence-electron chi connectivity index (χ2n) is 6.33. The molecule has 0 aliphatic carbocycles. The lowest BCUT2D eigenvalue weighted by atomic mass is 10.1. The number of nitrogens with one attached hydrogen (secondary N) is 2. The quantitative estimate of drug-likeness (QED) is 0.866. The van der Waals surface area contributed by atoms with Crippen molar-refractivity contribution in [2.45, 2.75) is 38.3 Å². The van der Waals surface area contributed by atoms with Crippen LogP contribution in [0.5, 0.6) is 11.5 Å². The van der Waals surface area contributed by atoms with E-state index in [2.05, 4.69) is 10.6 Å². The van der Waals surface area contributed by atoms with Gasteiger partial charge in [-0.3, -0.25) is 4.79 Å². The zero-order valence-electron chi connectivity index (χ0n) is 14.5. The molecule has 3 rings (SSSR count). The zero-order valence-corrected chi connectivity index (χ0v) is 14.5. The summed E-state index contributed by atoms with van der Waals surface area (Å²) in [7, 11) is 0. The van der Waals surface area contributed by atoms with Crippen molar-refractivity contribution in [1.82, 2.24) is 15.5 Å². The maximum Gasteiger partial charge on any atom is 0.318 e. The number of rotatable bonds is 4. The minimum atomic E-state index is -0.465.